The molecule has 1 unspecified atom stereocenters. The number of carbonyl (C=O) groups is 2. The first-order valence-corrected chi connectivity index (χ1v) is 6.88. The lowest BCUT2D eigenvalue weighted by Crippen LogP contribution is -2.27. The zero-order chi connectivity index (χ0) is 15.2. The number of rotatable bonds is 5. The summed E-state index contributed by atoms with van der Waals surface area (Å²) in [5.74, 6) is 0.289. The summed E-state index contributed by atoms with van der Waals surface area (Å²) in [4.78, 5) is 24.9. The maximum absolute atomic E-state index is 12.0. The van der Waals surface area contributed by atoms with Crippen LogP contribution in [0, 0.1) is 5.92 Å². The molecule has 0 aliphatic carbocycles. The van der Waals surface area contributed by atoms with Crippen LogP contribution in [0.4, 0.5) is 5.69 Å². The first-order valence-electron chi connectivity index (χ1n) is 6.88. The van der Waals surface area contributed by atoms with Gasteiger partial charge in [0.05, 0.1) is 12.5 Å². The van der Waals surface area contributed by atoms with Gasteiger partial charge in [-0.2, -0.15) is 0 Å². The molecule has 1 atom stereocenters. The number of amides is 2. The van der Waals surface area contributed by atoms with Gasteiger partial charge in [0, 0.05) is 32.5 Å². The Hall–Kier alpha value is -2.08. The molecule has 6 heteroatoms. The van der Waals surface area contributed by atoms with E-state index in [9.17, 15) is 9.59 Å². The minimum atomic E-state index is -0.118. The quantitative estimate of drug-likeness (QED) is 0.883. The molecule has 1 fully saturated rings. The van der Waals surface area contributed by atoms with E-state index in [1.165, 1.54) is 4.90 Å². The van der Waals surface area contributed by atoms with Gasteiger partial charge in [-0.15, -0.1) is 0 Å². The topological polar surface area (TPSA) is 67.9 Å². The highest BCUT2D eigenvalue weighted by atomic mass is 16.5. The highest BCUT2D eigenvalue weighted by Gasteiger charge is 2.23. The molecule has 0 bridgehead atoms. The maximum Gasteiger partial charge on any atom is 0.259 e. The average Bonchev–Trinajstić information content (AvgIpc) is 2.99. The molecule has 2 rings (SSSR count). The van der Waals surface area contributed by atoms with E-state index in [0.29, 0.717) is 24.7 Å². The van der Waals surface area contributed by atoms with Crippen molar-refractivity contribution in [2.24, 2.45) is 5.92 Å². The molecule has 0 radical (unpaired) electrons. The number of nitrogens with one attached hydrogen (secondary N) is 1. The molecule has 0 spiro atoms. The van der Waals surface area contributed by atoms with Crippen molar-refractivity contribution in [1.29, 1.82) is 0 Å². The molecule has 114 valence electrons. The van der Waals surface area contributed by atoms with Crippen LogP contribution in [0.25, 0.3) is 0 Å². The molecular weight excluding hydrogens is 272 g/mol. The fourth-order valence-electron chi connectivity index (χ4n) is 1.92. The monoisotopic (exact) mass is 292 g/mol. The number of ether oxygens (including phenoxy) is 2. The summed E-state index contributed by atoms with van der Waals surface area (Å²) in [6.07, 6.45) is 0.749. The van der Waals surface area contributed by atoms with Crippen LogP contribution >= 0.6 is 0 Å². The van der Waals surface area contributed by atoms with Crippen molar-refractivity contribution in [2.45, 2.75) is 6.42 Å². The zero-order valence-corrected chi connectivity index (χ0v) is 12.3. The van der Waals surface area contributed by atoms with Crippen molar-refractivity contribution < 1.29 is 19.1 Å². The van der Waals surface area contributed by atoms with Gasteiger partial charge in [-0.25, -0.2) is 0 Å². The number of nitrogens with zero attached hydrogens (tertiary/aromatic N) is 1. The second-order valence-corrected chi connectivity index (χ2v) is 5.15. The molecule has 6 nitrogen and oxygen atoms in total. The van der Waals surface area contributed by atoms with Gasteiger partial charge < -0.3 is 19.7 Å². The lowest BCUT2D eigenvalue weighted by Gasteiger charge is -2.13. The Balaban J connectivity index is 1.91. The molecule has 1 aliphatic rings. The van der Waals surface area contributed by atoms with Gasteiger partial charge in [0.2, 0.25) is 5.91 Å². The smallest absolute Gasteiger partial charge is 0.259 e. The summed E-state index contributed by atoms with van der Waals surface area (Å²) in [6.45, 7) is 1.08. The molecule has 2 amide bonds. The lowest BCUT2D eigenvalue weighted by atomic mass is 10.1. The largest absolute Gasteiger partial charge is 0.484 e. The maximum atomic E-state index is 12.0. The van der Waals surface area contributed by atoms with E-state index in [4.69, 9.17) is 9.47 Å². The van der Waals surface area contributed by atoms with Crippen LogP contribution in [0.2, 0.25) is 0 Å². The van der Waals surface area contributed by atoms with Crippen LogP contribution in [0.5, 0.6) is 5.75 Å². The Morgan fingerprint density at radius 1 is 1.43 bits per heavy atom. The Morgan fingerprint density at radius 3 is 2.90 bits per heavy atom. The summed E-state index contributed by atoms with van der Waals surface area (Å²) in [5, 5.41) is 2.84. The van der Waals surface area contributed by atoms with Gasteiger partial charge in [-0.3, -0.25) is 9.59 Å². The van der Waals surface area contributed by atoms with E-state index in [-0.39, 0.29) is 24.3 Å². The third-order valence-corrected chi connectivity index (χ3v) is 3.26. The first-order chi connectivity index (χ1) is 10.1. The first kappa shape index (κ1) is 15.3. The predicted octanol–water partition coefficient (Wildman–Crippen LogP) is 1.13. The third kappa shape index (κ3) is 4.46. The van der Waals surface area contributed by atoms with Crippen LogP contribution in [-0.4, -0.2) is 50.6 Å². The van der Waals surface area contributed by atoms with Crippen LogP contribution < -0.4 is 10.1 Å². The molecule has 0 saturated carbocycles. The molecule has 0 aromatic heterocycles. The van der Waals surface area contributed by atoms with Crippen LogP contribution in [0.15, 0.2) is 24.3 Å². The Kier molecular flexibility index (Phi) is 5.16. The molecule has 1 aliphatic heterocycles. The Bertz CT molecular complexity index is 510. The van der Waals surface area contributed by atoms with Gasteiger partial charge in [0.15, 0.2) is 6.61 Å². The van der Waals surface area contributed by atoms with Crippen molar-refractivity contribution in [3.05, 3.63) is 24.3 Å². The standard InChI is InChI=1S/C15H20N2O4/c1-17(2)14(18)10-21-13-5-3-4-12(8-13)16-15(19)11-6-7-20-9-11/h3-5,8,11H,6-7,9-10H2,1-2H3,(H,16,19). The van der Waals surface area contributed by atoms with E-state index >= 15 is 0 Å². The number of carbonyl (C=O) groups excluding carboxylic acids is 2. The summed E-state index contributed by atoms with van der Waals surface area (Å²) in [6, 6.07) is 7.01. The van der Waals surface area contributed by atoms with Gasteiger partial charge in [-0.05, 0) is 18.6 Å². The lowest BCUT2D eigenvalue weighted by molar-refractivity contribution is -0.130. The fraction of sp³-hybridized carbons (Fsp3) is 0.467. The molecule has 1 aromatic rings. The number of benzene rings is 1. The number of hydrogen-bond acceptors (Lipinski definition) is 4. The van der Waals surface area contributed by atoms with Crippen LogP contribution in [0.3, 0.4) is 0 Å². The number of likely N-dealkylation sites (N-methyl/N-ethyl adjacent to an activating group) is 1. The SMILES string of the molecule is CN(C)C(=O)COc1cccc(NC(=O)C2CCOC2)c1. The Morgan fingerprint density at radius 2 is 2.24 bits per heavy atom. The van der Waals surface area contributed by atoms with Crippen LogP contribution in [0.1, 0.15) is 6.42 Å². The van der Waals surface area contributed by atoms with E-state index in [0.717, 1.165) is 6.42 Å². The highest BCUT2D eigenvalue weighted by Crippen LogP contribution is 2.20. The summed E-state index contributed by atoms with van der Waals surface area (Å²) >= 11 is 0. The second kappa shape index (κ2) is 7.08. The van der Waals surface area contributed by atoms with Crippen molar-refractivity contribution in [1.82, 2.24) is 4.90 Å². The molecule has 1 N–H and O–H groups in total. The van der Waals surface area contributed by atoms with E-state index in [1.54, 1.807) is 38.4 Å². The van der Waals surface area contributed by atoms with Crippen molar-refractivity contribution in [2.75, 3.05) is 39.2 Å². The summed E-state index contributed by atoms with van der Waals surface area (Å²) in [5.41, 5.74) is 0.654. The predicted molar refractivity (Wildman–Crippen MR) is 78.2 cm³/mol. The van der Waals surface area contributed by atoms with E-state index in [1.807, 2.05) is 0 Å². The second-order valence-electron chi connectivity index (χ2n) is 5.15. The highest BCUT2D eigenvalue weighted by molar-refractivity contribution is 5.93. The number of anilines is 1. The average molecular weight is 292 g/mol. The van der Waals surface area contributed by atoms with Gasteiger partial charge in [0.25, 0.3) is 5.91 Å². The normalized spacial score (nSPS) is 17.3. The summed E-state index contributed by atoms with van der Waals surface area (Å²) in [7, 11) is 3.35. The Labute approximate surface area is 124 Å². The fourth-order valence-corrected chi connectivity index (χ4v) is 1.92. The van der Waals surface area contributed by atoms with Gasteiger partial charge >= 0.3 is 0 Å². The number of hydrogen-bond donors (Lipinski definition) is 1. The van der Waals surface area contributed by atoms with E-state index < -0.39 is 0 Å². The summed E-state index contributed by atoms with van der Waals surface area (Å²) < 4.78 is 10.6. The van der Waals surface area contributed by atoms with Gasteiger partial charge in [-0.1, -0.05) is 6.07 Å². The van der Waals surface area contributed by atoms with E-state index in [2.05, 4.69) is 5.32 Å². The minimum Gasteiger partial charge on any atom is -0.484 e. The molecule has 1 saturated heterocycles. The molecule has 21 heavy (non-hydrogen) atoms. The minimum absolute atomic E-state index is 0.0269. The third-order valence-electron chi connectivity index (χ3n) is 3.26. The van der Waals surface area contributed by atoms with Crippen molar-refractivity contribution in [3.8, 4) is 5.75 Å². The van der Waals surface area contributed by atoms with Crippen LogP contribution in [-0.2, 0) is 14.3 Å². The van der Waals surface area contributed by atoms with Crippen molar-refractivity contribution in [3.63, 3.8) is 0 Å². The molecule has 1 heterocycles. The van der Waals surface area contributed by atoms with Gasteiger partial charge in [0.1, 0.15) is 5.75 Å². The molecular formula is C15H20N2O4. The van der Waals surface area contributed by atoms with Crippen molar-refractivity contribution >= 4 is 17.5 Å². The molecule has 1 aromatic carbocycles. The zero-order valence-electron chi connectivity index (χ0n) is 12.3.